The first-order chi connectivity index (χ1) is 17.4. The molecule has 0 bridgehead atoms. The van der Waals surface area contributed by atoms with E-state index in [-0.39, 0.29) is 30.7 Å². The predicted molar refractivity (Wildman–Crippen MR) is 140 cm³/mol. The van der Waals surface area contributed by atoms with Crippen molar-refractivity contribution in [3.8, 4) is 5.75 Å². The van der Waals surface area contributed by atoms with Crippen molar-refractivity contribution in [2.45, 2.75) is 33.2 Å². The zero-order valence-electron chi connectivity index (χ0n) is 20.6. The summed E-state index contributed by atoms with van der Waals surface area (Å²) >= 11 is 0. The molecular weight excluding hydrogens is 454 g/mol. The maximum absolute atomic E-state index is 13.1. The lowest BCUT2D eigenvalue weighted by atomic mass is 10.1. The molecule has 0 aromatic heterocycles. The topological polar surface area (TPSA) is 87.7 Å². The molecule has 1 aliphatic rings. The van der Waals surface area contributed by atoms with E-state index in [4.69, 9.17) is 4.74 Å². The van der Waals surface area contributed by atoms with E-state index in [1.807, 2.05) is 62.4 Å². The van der Waals surface area contributed by atoms with Crippen LogP contribution in [0.1, 0.15) is 41.3 Å². The molecule has 2 N–H and O–H groups in total. The minimum Gasteiger partial charge on any atom is -0.494 e. The van der Waals surface area contributed by atoms with Crippen LogP contribution in [0.25, 0.3) is 0 Å². The number of amides is 3. The van der Waals surface area contributed by atoms with E-state index in [2.05, 4.69) is 10.6 Å². The molecule has 3 aromatic carbocycles. The first-order valence-corrected chi connectivity index (χ1v) is 12.2. The summed E-state index contributed by atoms with van der Waals surface area (Å²) in [6.45, 7) is 5.35. The first kappa shape index (κ1) is 25.0. The summed E-state index contributed by atoms with van der Waals surface area (Å²) in [6.07, 6.45) is 1.03. The van der Waals surface area contributed by atoms with Crippen LogP contribution in [-0.2, 0) is 16.1 Å². The molecule has 0 radical (unpaired) electrons. The highest BCUT2D eigenvalue weighted by Crippen LogP contribution is 2.28. The monoisotopic (exact) mass is 485 g/mol. The Morgan fingerprint density at radius 2 is 1.72 bits per heavy atom. The fraction of sp³-hybridized carbons (Fsp3) is 0.276. The number of carbonyl (C=O) groups is 3. The maximum atomic E-state index is 13.1. The molecule has 0 saturated carbocycles. The lowest BCUT2D eigenvalue weighted by Crippen LogP contribution is -2.29. The van der Waals surface area contributed by atoms with Crippen LogP contribution >= 0.6 is 0 Å². The van der Waals surface area contributed by atoms with Crippen LogP contribution in [0.5, 0.6) is 5.75 Å². The van der Waals surface area contributed by atoms with Crippen molar-refractivity contribution in [1.29, 1.82) is 0 Å². The molecule has 0 unspecified atom stereocenters. The van der Waals surface area contributed by atoms with E-state index >= 15 is 0 Å². The highest BCUT2D eigenvalue weighted by atomic mass is 16.5. The first-order valence-electron chi connectivity index (χ1n) is 12.2. The zero-order chi connectivity index (χ0) is 25.5. The SMILES string of the molecule is CCCOc1ccc(N2C[C@H](C(=O)Nc3ccccc3C(=O)NCc3ccc(C)cc3)CC2=O)cc1. The summed E-state index contributed by atoms with van der Waals surface area (Å²) in [5.41, 5.74) is 3.68. The second kappa shape index (κ2) is 11.5. The number of hydrogen-bond donors (Lipinski definition) is 2. The Morgan fingerprint density at radius 3 is 2.44 bits per heavy atom. The molecule has 7 heteroatoms. The number of carbonyl (C=O) groups excluding carboxylic acids is 3. The summed E-state index contributed by atoms with van der Waals surface area (Å²) < 4.78 is 5.60. The number of para-hydroxylation sites is 1. The maximum Gasteiger partial charge on any atom is 0.253 e. The van der Waals surface area contributed by atoms with Crippen molar-refractivity contribution < 1.29 is 19.1 Å². The lowest BCUT2D eigenvalue weighted by Gasteiger charge is -2.18. The number of ether oxygens (including phenoxy) is 1. The van der Waals surface area contributed by atoms with Gasteiger partial charge in [-0.05, 0) is 55.3 Å². The summed E-state index contributed by atoms with van der Waals surface area (Å²) in [7, 11) is 0. The third-order valence-electron chi connectivity index (χ3n) is 6.12. The van der Waals surface area contributed by atoms with Gasteiger partial charge in [-0.2, -0.15) is 0 Å². The summed E-state index contributed by atoms with van der Waals surface area (Å²) in [5, 5.41) is 5.77. The van der Waals surface area contributed by atoms with Gasteiger partial charge in [-0.1, -0.05) is 48.9 Å². The van der Waals surface area contributed by atoms with E-state index < -0.39 is 5.92 Å². The van der Waals surface area contributed by atoms with E-state index in [0.717, 1.165) is 29.0 Å². The predicted octanol–water partition coefficient (Wildman–Crippen LogP) is 4.71. The second-order valence-corrected chi connectivity index (χ2v) is 8.95. The molecular formula is C29H31N3O4. The molecule has 186 valence electrons. The van der Waals surface area contributed by atoms with Crippen LogP contribution < -0.4 is 20.3 Å². The molecule has 36 heavy (non-hydrogen) atoms. The van der Waals surface area contributed by atoms with Gasteiger partial charge in [0.25, 0.3) is 5.91 Å². The standard InChI is InChI=1S/C29H31N3O4/c1-3-16-36-24-14-12-23(13-15-24)32-19-22(17-27(32)33)28(34)31-26-7-5-4-6-25(26)29(35)30-18-21-10-8-20(2)9-11-21/h4-15,22H,3,16-19H2,1-2H3,(H,30,35)(H,31,34)/t22-/m1/s1. The fourth-order valence-corrected chi connectivity index (χ4v) is 4.08. The second-order valence-electron chi connectivity index (χ2n) is 8.95. The summed E-state index contributed by atoms with van der Waals surface area (Å²) in [5.74, 6) is -0.439. The molecule has 7 nitrogen and oxygen atoms in total. The number of anilines is 2. The minimum atomic E-state index is -0.516. The number of nitrogens with zero attached hydrogens (tertiary/aromatic N) is 1. The third kappa shape index (κ3) is 6.10. The third-order valence-corrected chi connectivity index (χ3v) is 6.12. The number of rotatable bonds is 9. The zero-order valence-corrected chi connectivity index (χ0v) is 20.6. The van der Waals surface area contributed by atoms with Gasteiger partial charge in [0.2, 0.25) is 11.8 Å². The van der Waals surface area contributed by atoms with Gasteiger partial charge >= 0.3 is 0 Å². The van der Waals surface area contributed by atoms with E-state index in [1.165, 1.54) is 0 Å². The van der Waals surface area contributed by atoms with Gasteiger partial charge in [0.05, 0.1) is 23.8 Å². The molecule has 1 aliphatic heterocycles. The van der Waals surface area contributed by atoms with Crippen molar-refractivity contribution in [3.05, 3.63) is 89.5 Å². The molecule has 3 aromatic rings. The van der Waals surface area contributed by atoms with Crippen molar-refractivity contribution in [2.75, 3.05) is 23.4 Å². The normalized spacial score (nSPS) is 15.0. The molecule has 1 saturated heterocycles. The van der Waals surface area contributed by atoms with Gasteiger partial charge in [-0.3, -0.25) is 14.4 Å². The number of hydrogen-bond acceptors (Lipinski definition) is 4. The molecule has 1 fully saturated rings. The number of nitrogens with one attached hydrogen (secondary N) is 2. The van der Waals surface area contributed by atoms with Gasteiger partial charge in [0.1, 0.15) is 5.75 Å². The Labute approximate surface area is 211 Å². The Morgan fingerprint density at radius 1 is 1.00 bits per heavy atom. The molecule has 0 spiro atoms. The Bertz CT molecular complexity index is 1220. The van der Waals surface area contributed by atoms with Crippen LogP contribution in [0.15, 0.2) is 72.8 Å². The highest BCUT2D eigenvalue weighted by Gasteiger charge is 2.35. The van der Waals surface area contributed by atoms with E-state index in [1.54, 1.807) is 29.2 Å². The molecule has 4 rings (SSSR count). The van der Waals surface area contributed by atoms with Crippen molar-refractivity contribution >= 4 is 29.1 Å². The van der Waals surface area contributed by atoms with Crippen LogP contribution in [0.4, 0.5) is 11.4 Å². The van der Waals surface area contributed by atoms with Gasteiger partial charge in [0, 0.05) is 25.2 Å². The quantitative estimate of drug-likeness (QED) is 0.460. The number of aryl methyl sites for hydroxylation is 1. The summed E-state index contributed by atoms with van der Waals surface area (Å²) in [4.78, 5) is 40.2. The number of benzene rings is 3. The van der Waals surface area contributed by atoms with E-state index in [9.17, 15) is 14.4 Å². The molecule has 0 aliphatic carbocycles. The summed E-state index contributed by atoms with van der Waals surface area (Å²) in [6, 6.07) is 22.1. The van der Waals surface area contributed by atoms with Gasteiger partial charge in [0.15, 0.2) is 0 Å². The Kier molecular flexibility index (Phi) is 8.00. The highest BCUT2D eigenvalue weighted by molar-refractivity contribution is 6.07. The average Bonchev–Trinajstić information content (AvgIpc) is 3.29. The van der Waals surface area contributed by atoms with Crippen molar-refractivity contribution in [2.24, 2.45) is 5.92 Å². The molecule has 3 amide bonds. The van der Waals surface area contributed by atoms with Crippen LogP contribution in [-0.4, -0.2) is 30.9 Å². The van der Waals surface area contributed by atoms with E-state index in [0.29, 0.717) is 24.4 Å². The van der Waals surface area contributed by atoms with Crippen LogP contribution in [0, 0.1) is 12.8 Å². The van der Waals surface area contributed by atoms with Crippen LogP contribution in [0.2, 0.25) is 0 Å². The van der Waals surface area contributed by atoms with Crippen molar-refractivity contribution in [1.82, 2.24) is 5.32 Å². The average molecular weight is 486 g/mol. The largest absolute Gasteiger partial charge is 0.494 e. The fourth-order valence-electron chi connectivity index (χ4n) is 4.08. The molecule has 1 atom stereocenters. The van der Waals surface area contributed by atoms with Gasteiger partial charge < -0.3 is 20.3 Å². The Hall–Kier alpha value is -4.13. The van der Waals surface area contributed by atoms with Gasteiger partial charge in [-0.15, -0.1) is 0 Å². The smallest absolute Gasteiger partial charge is 0.253 e. The lowest BCUT2D eigenvalue weighted by molar-refractivity contribution is -0.122. The van der Waals surface area contributed by atoms with Gasteiger partial charge in [-0.25, -0.2) is 0 Å². The molecule has 1 heterocycles. The minimum absolute atomic E-state index is 0.110. The van der Waals surface area contributed by atoms with Crippen LogP contribution in [0.3, 0.4) is 0 Å². The Balaban J connectivity index is 1.38. The van der Waals surface area contributed by atoms with Crippen molar-refractivity contribution in [3.63, 3.8) is 0 Å².